The van der Waals surface area contributed by atoms with Gasteiger partial charge >= 0.3 is 5.97 Å². The molecular formula is C25H31ClFN3O6S. The maximum absolute atomic E-state index is 13.2. The van der Waals surface area contributed by atoms with Crippen molar-refractivity contribution in [3.05, 3.63) is 70.5 Å². The number of aliphatic carboxylic acids is 1. The lowest BCUT2D eigenvalue weighted by atomic mass is 10.1. The Balaban J connectivity index is 1.68. The number of benzene rings is 2. The molecule has 0 aromatic heterocycles. The van der Waals surface area contributed by atoms with Gasteiger partial charge in [0.05, 0.1) is 6.54 Å². The molecule has 1 aliphatic heterocycles. The number of carbonyl (C=O) groups excluding carboxylic acids is 1. The standard InChI is InChI=1S/C25H31ClFN3O6S/c1-17-13-29(18(2)12-28(17)14-20-7-9-23(27)10-8-20)24(31)16-36-30(37(34,35)19(3)25(32)33)15-21-5-4-6-22(26)11-21/h4-11,17-19H,12-16H2,1-3H3,(H,32,33). The first-order valence-electron chi connectivity index (χ1n) is 11.8. The highest BCUT2D eigenvalue weighted by Gasteiger charge is 2.37. The van der Waals surface area contributed by atoms with E-state index in [1.54, 1.807) is 35.2 Å². The van der Waals surface area contributed by atoms with E-state index in [2.05, 4.69) is 4.90 Å². The van der Waals surface area contributed by atoms with Crippen molar-refractivity contribution < 1.29 is 32.3 Å². The molecule has 1 N–H and O–H groups in total. The Bertz CT molecular complexity index is 1210. The molecule has 2 aromatic carbocycles. The van der Waals surface area contributed by atoms with E-state index in [-0.39, 0.29) is 24.4 Å². The molecular weight excluding hydrogens is 525 g/mol. The average Bonchev–Trinajstić information content (AvgIpc) is 2.84. The van der Waals surface area contributed by atoms with Crippen LogP contribution in [0, 0.1) is 5.82 Å². The summed E-state index contributed by atoms with van der Waals surface area (Å²) in [5.41, 5.74) is 1.43. The van der Waals surface area contributed by atoms with Gasteiger partial charge in [-0.3, -0.25) is 19.3 Å². The van der Waals surface area contributed by atoms with E-state index >= 15 is 0 Å². The maximum Gasteiger partial charge on any atom is 0.323 e. The number of halogens is 2. The van der Waals surface area contributed by atoms with Crippen LogP contribution in [-0.4, -0.2) is 76.7 Å². The molecule has 12 heteroatoms. The fourth-order valence-corrected chi connectivity index (χ4v) is 5.45. The quantitative estimate of drug-likeness (QED) is 0.449. The summed E-state index contributed by atoms with van der Waals surface area (Å²) >= 11 is 6.00. The summed E-state index contributed by atoms with van der Waals surface area (Å²) in [4.78, 5) is 33.8. The number of sulfonamides is 1. The van der Waals surface area contributed by atoms with Gasteiger partial charge in [-0.25, -0.2) is 12.8 Å². The SMILES string of the molecule is CC1CN(C(=O)CON(Cc2cccc(Cl)c2)S(=O)(=O)C(C)C(=O)O)C(C)CN1Cc1ccc(F)cc1. The number of hydrogen-bond acceptors (Lipinski definition) is 6. The van der Waals surface area contributed by atoms with E-state index in [1.165, 1.54) is 18.2 Å². The molecule has 3 unspecified atom stereocenters. The highest BCUT2D eigenvalue weighted by molar-refractivity contribution is 7.90. The highest BCUT2D eigenvalue weighted by Crippen LogP contribution is 2.21. The number of piperazine rings is 1. The van der Waals surface area contributed by atoms with E-state index in [0.717, 1.165) is 12.5 Å². The van der Waals surface area contributed by atoms with Crippen molar-refractivity contribution in [3.8, 4) is 0 Å². The van der Waals surface area contributed by atoms with Crippen LogP contribution in [-0.2, 0) is 37.5 Å². The molecule has 2 aromatic rings. The van der Waals surface area contributed by atoms with E-state index in [9.17, 15) is 27.5 Å². The second-order valence-corrected chi connectivity index (χ2v) is 11.8. The second kappa shape index (κ2) is 12.3. The Hall–Kier alpha value is -2.57. The van der Waals surface area contributed by atoms with Crippen molar-refractivity contribution in [1.82, 2.24) is 14.3 Å². The van der Waals surface area contributed by atoms with Gasteiger partial charge in [0.1, 0.15) is 12.4 Å². The number of hydrogen-bond donors (Lipinski definition) is 1. The molecule has 1 fully saturated rings. The zero-order valence-electron chi connectivity index (χ0n) is 20.9. The molecule has 1 heterocycles. The lowest BCUT2D eigenvalue weighted by Crippen LogP contribution is -2.58. The Morgan fingerprint density at radius 1 is 1.14 bits per heavy atom. The van der Waals surface area contributed by atoms with Crippen LogP contribution in [0.3, 0.4) is 0 Å². The summed E-state index contributed by atoms with van der Waals surface area (Å²) in [6.45, 7) is 5.55. The smallest absolute Gasteiger partial charge is 0.323 e. The normalized spacial score (nSPS) is 19.7. The molecule has 37 heavy (non-hydrogen) atoms. The number of hydroxylamine groups is 1. The molecule has 1 aliphatic rings. The number of carboxylic acid groups (broad SMARTS) is 1. The fraction of sp³-hybridized carbons (Fsp3) is 0.440. The van der Waals surface area contributed by atoms with Crippen LogP contribution in [0.25, 0.3) is 0 Å². The third-order valence-corrected chi connectivity index (χ3v) is 8.48. The molecule has 1 saturated heterocycles. The minimum Gasteiger partial charge on any atom is -0.480 e. The molecule has 3 atom stereocenters. The van der Waals surface area contributed by atoms with Gasteiger partial charge in [-0.05, 0) is 56.2 Å². The van der Waals surface area contributed by atoms with Gasteiger partial charge in [-0.15, -0.1) is 0 Å². The first-order chi connectivity index (χ1) is 17.4. The molecule has 9 nitrogen and oxygen atoms in total. The zero-order chi connectivity index (χ0) is 27.3. The van der Waals surface area contributed by atoms with E-state index in [4.69, 9.17) is 16.4 Å². The van der Waals surface area contributed by atoms with Crippen molar-refractivity contribution in [2.45, 2.75) is 51.2 Å². The van der Waals surface area contributed by atoms with Gasteiger partial charge < -0.3 is 10.0 Å². The van der Waals surface area contributed by atoms with Crippen molar-refractivity contribution >= 4 is 33.5 Å². The van der Waals surface area contributed by atoms with E-state index < -0.39 is 33.8 Å². The maximum atomic E-state index is 13.2. The first-order valence-corrected chi connectivity index (χ1v) is 13.7. The van der Waals surface area contributed by atoms with Crippen molar-refractivity contribution in [3.63, 3.8) is 0 Å². The summed E-state index contributed by atoms with van der Waals surface area (Å²) in [5.74, 6) is -2.26. The van der Waals surface area contributed by atoms with Crippen LogP contribution in [0.15, 0.2) is 48.5 Å². The largest absolute Gasteiger partial charge is 0.480 e. The summed E-state index contributed by atoms with van der Waals surface area (Å²) in [6, 6.07) is 12.5. The Morgan fingerprint density at radius 2 is 1.81 bits per heavy atom. The predicted octanol–water partition coefficient (Wildman–Crippen LogP) is 3.14. The number of rotatable bonds is 10. The predicted molar refractivity (Wildman–Crippen MR) is 136 cm³/mol. The highest BCUT2D eigenvalue weighted by atomic mass is 35.5. The van der Waals surface area contributed by atoms with Crippen molar-refractivity contribution in [1.29, 1.82) is 0 Å². The summed E-state index contributed by atoms with van der Waals surface area (Å²) < 4.78 is 39.6. The monoisotopic (exact) mass is 555 g/mol. The number of amides is 1. The van der Waals surface area contributed by atoms with Crippen LogP contribution in [0.1, 0.15) is 31.9 Å². The molecule has 0 radical (unpaired) electrons. The van der Waals surface area contributed by atoms with Crippen LogP contribution >= 0.6 is 11.6 Å². The van der Waals surface area contributed by atoms with Gasteiger partial charge in [-0.2, -0.15) is 0 Å². The third-order valence-electron chi connectivity index (χ3n) is 6.35. The molecule has 0 bridgehead atoms. The third kappa shape index (κ3) is 7.48. The van der Waals surface area contributed by atoms with Gasteiger partial charge in [0.25, 0.3) is 5.91 Å². The Morgan fingerprint density at radius 3 is 2.43 bits per heavy atom. The summed E-state index contributed by atoms with van der Waals surface area (Å²) in [5, 5.41) is 7.88. The lowest BCUT2D eigenvalue weighted by Gasteiger charge is -2.44. The van der Waals surface area contributed by atoms with Crippen LogP contribution in [0.5, 0.6) is 0 Å². The molecule has 0 aliphatic carbocycles. The molecule has 202 valence electrons. The number of carbonyl (C=O) groups is 2. The number of nitrogens with zero attached hydrogens (tertiary/aromatic N) is 3. The van der Waals surface area contributed by atoms with E-state index in [0.29, 0.717) is 34.7 Å². The molecule has 3 rings (SSSR count). The van der Waals surface area contributed by atoms with Crippen molar-refractivity contribution in [2.75, 3.05) is 19.7 Å². The molecule has 0 saturated carbocycles. The molecule has 0 spiro atoms. The summed E-state index contributed by atoms with van der Waals surface area (Å²) in [7, 11) is -4.45. The molecule has 1 amide bonds. The van der Waals surface area contributed by atoms with Gasteiger partial charge in [0.2, 0.25) is 10.0 Å². The topological polar surface area (TPSA) is 107 Å². The average molecular weight is 556 g/mol. The first kappa shape index (κ1) is 29.0. The lowest BCUT2D eigenvalue weighted by molar-refractivity contribution is -0.157. The van der Waals surface area contributed by atoms with Crippen LogP contribution < -0.4 is 0 Å². The van der Waals surface area contributed by atoms with Gasteiger partial charge in [0, 0.05) is 36.7 Å². The van der Waals surface area contributed by atoms with Crippen LogP contribution in [0.2, 0.25) is 5.02 Å². The number of carboxylic acids is 1. The van der Waals surface area contributed by atoms with E-state index in [1.807, 2.05) is 13.8 Å². The zero-order valence-corrected chi connectivity index (χ0v) is 22.5. The Labute approximate surface area is 221 Å². The summed E-state index contributed by atoms with van der Waals surface area (Å²) in [6.07, 6.45) is 0. The van der Waals surface area contributed by atoms with Crippen molar-refractivity contribution in [2.24, 2.45) is 0 Å². The fourth-order valence-electron chi connectivity index (χ4n) is 4.10. The Kier molecular flexibility index (Phi) is 9.65. The minimum atomic E-state index is -4.45. The van der Waals surface area contributed by atoms with Gasteiger partial charge in [-0.1, -0.05) is 40.3 Å². The van der Waals surface area contributed by atoms with Crippen LogP contribution in [0.4, 0.5) is 4.39 Å². The minimum absolute atomic E-state index is 0.0106. The second-order valence-electron chi connectivity index (χ2n) is 9.19. The van der Waals surface area contributed by atoms with Gasteiger partial charge in [0.15, 0.2) is 5.25 Å².